The second kappa shape index (κ2) is 9.38. The Bertz CT molecular complexity index is 1840. The maximum Gasteiger partial charge on any atom is 0.306 e. The van der Waals surface area contributed by atoms with Gasteiger partial charge in [0.25, 0.3) is 6.17 Å². The smallest absolute Gasteiger partial charge is 0.216 e. The molecule has 4 aromatic rings. The third-order valence-electron chi connectivity index (χ3n) is 9.15. The van der Waals surface area contributed by atoms with E-state index in [1.807, 2.05) is 0 Å². The Morgan fingerprint density at radius 2 is 1.65 bits per heavy atom. The summed E-state index contributed by atoms with van der Waals surface area (Å²) in [6.45, 7) is 0. The van der Waals surface area contributed by atoms with E-state index in [0.717, 1.165) is 12.8 Å². The highest BCUT2D eigenvalue weighted by Gasteiger charge is 2.50. The van der Waals surface area contributed by atoms with Crippen LogP contribution in [0.3, 0.4) is 0 Å². The van der Waals surface area contributed by atoms with Crippen molar-refractivity contribution >= 4 is 33.2 Å². The first-order valence-corrected chi connectivity index (χ1v) is 14.7. The average molecular weight is 521 g/mol. The maximum absolute atomic E-state index is 2.56. The fraction of sp³-hybridized carbons (Fsp3) is 0.216. The molecule has 0 bridgehead atoms. The maximum atomic E-state index is 2.56. The van der Waals surface area contributed by atoms with Crippen LogP contribution < -0.4 is 5.01 Å². The minimum absolute atomic E-state index is 0.147. The molecule has 2 unspecified atom stereocenters. The van der Waals surface area contributed by atoms with E-state index < -0.39 is 0 Å². The summed E-state index contributed by atoms with van der Waals surface area (Å²) in [7, 11) is 2.26. The number of para-hydroxylation sites is 1. The molecular weight excluding hydrogens is 486 g/mol. The number of benzene rings is 3. The first-order valence-electron chi connectivity index (χ1n) is 14.7. The zero-order valence-corrected chi connectivity index (χ0v) is 23.0. The molecule has 1 aliphatic heterocycles. The van der Waals surface area contributed by atoms with Crippen LogP contribution in [0.15, 0.2) is 126 Å². The Balaban J connectivity index is 1.31. The van der Waals surface area contributed by atoms with Gasteiger partial charge in [-0.25, -0.2) is 4.58 Å². The summed E-state index contributed by atoms with van der Waals surface area (Å²) in [6, 6.07) is 27.0. The number of rotatable bonds is 4. The van der Waals surface area contributed by atoms with Gasteiger partial charge >= 0.3 is 5.84 Å². The minimum Gasteiger partial charge on any atom is -0.216 e. The van der Waals surface area contributed by atoms with Crippen LogP contribution in [0, 0.1) is 5.92 Å². The number of hydrogen-bond donors (Lipinski definition) is 0. The molecule has 0 fully saturated rings. The van der Waals surface area contributed by atoms with E-state index in [-0.39, 0.29) is 6.17 Å². The Labute approximate surface area is 236 Å². The van der Waals surface area contributed by atoms with Crippen LogP contribution in [0.25, 0.3) is 27.4 Å². The van der Waals surface area contributed by atoms with Gasteiger partial charge in [0.15, 0.2) is 0 Å². The first kappa shape index (κ1) is 23.5. The summed E-state index contributed by atoms with van der Waals surface area (Å²) in [6.07, 6.45) is 22.1. The second-order valence-electron chi connectivity index (χ2n) is 11.5. The predicted octanol–water partition coefficient (Wildman–Crippen LogP) is 8.44. The van der Waals surface area contributed by atoms with E-state index in [0.29, 0.717) is 5.92 Å². The summed E-state index contributed by atoms with van der Waals surface area (Å²) < 4.78 is 4.98. The zero-order valence-electron chi connectivity index (χ0n) is 23.0. The summed E-state index contributed by atoms with van der Waals surface area (Å²) in [5.74, 6) is 1.82. The highest BCUT2D eigenvalue weighted by Crippen LogP contribution is 2.41. The molecule has 0 radical (unpaired) electrons. The molecule has 8 rings (SSSR count). The van der Waals surface area contributed by atoms with Crippen molar-refractivity contribution in [2.24, 2.45) is 5.92 Å². The summed E-state index contributed by atoms with van der Waals surface area (Å²) in [4.78, 5) is 0. The van der Waals surface area contributed by atoms with Crippen LogP contribution in [-0.2, 0) is 0 Å². The lowest BCUT2D eigenvalue weighted by atomic mass is 9.82. The van der Waals surface area contributed by atoms with Gasteiger partial charge in [-0.1, -0.05) is 97.1 Å². The number of aromatic nitrogens is 1. The molecule has 196 valence electrons. The van der Waals surface area contributed by atoms with Gasteiger partial charge in [-0.3, -0.25) is 0 Å². The first-order chi connectivity index (χ1) is 19.8. The van der Waals surface area contributed by atoms with Gasteiger partial charge in [0.1, 0.15) is 0 Å². The molecule has 4 aliphatic rings. The Hall–Kier alpha value is -4.37. The lowest BCUT2D eigenvalue weighted by Crippen LogP contribution is -2.60. The van der Waals surface area contributed by atoms with E-state index in [1.54, 1.807) is 0 Å². The van der Waals surface area contributed by atoms with Crippen molar-refractivity contribution in [3.63, 3.8) is 0 Å². The Morgan fingerprint density at radius 3 is 2.52 bits per heavy atom. The third kappa shape index (κ3) is 3.61. The lowest BCUT2D eigenvalue weighted by Gasteiger charge is -2.38. The minimum atomic E-state index is 0.147. The van der Waals surface area contributed by atoms with Crippen molar-refractivity contribution in [3.05, 3.63) is 138 Å². The van der Waals surface area contributed by atoms with Crippen LogP contribution in [0.4, 0.5) is 0 Å². The highest BCUT2D eigenvalue weighted by molar-refractivity contribution is 6.13. The van der Waals surface area contributed by atoms with Crippen LogP contribution in [0.2, 0.25) is 0 Å². The van der Waals surface area contributed by atoms with Gasteiger partial charge in [0.05, 0.1) is 18.1 Å². The number of nitrogens with zero attached hydrogens (tertiary/aromatic N) is 3. The molecule has 0 saturated carbocycles. The Kier molecular flexibility index (Phi) is 5.51. The second-order valence-corrected chi connectivity index (χ2v) is 11.5. The molecule has 0 saturated heterocycles. The number of fused-ring (bicyclic) bond motifs is 4. The molecule has 0 amide bonds. The molecule has 1 aromatic heterocycles. The van der Waals surface area contributed by atoms with E-state index in [4.69, 9.17) is 0 Å². The molecule has 2 heterocycles. The predicted molar refractivity (Wildman–Crippen MR) is 167 cm³/mol. The summed E-state index contributed by atoms with van der Waals surface area (Å²) >= 11 is 0. The molecular formula is C37H34N3+. The van der Waals surface area contributed by atoms with Gasteiger partial charge < -0.3 is 0 Å². The van der Waals surface area contributed by atoms with Crippen LogP contribution in [0.5, 0.6) is 0 Å². The number of hydrogen-bond acceptors (Lipinski definition) is 1. The fourth-order valence-electron chi connectivity index (χ4n) is 7.17. The van der Waals surface area contributed by atoms with Gasteiger partial charge in [0.2, 0.25) is 0 Å². The molecule has 0 spiro atoms. The zero-order chi connectivity index (χ0) is 26.6. The van der Waals surface area contributed by atoms with Crippen molar-refractivity contribution in [2.45, 2.75) is 38.3 Å². The van der Waals surface area contributed by atoms with E-state index in [2.05, 4.69) is 137 Å². The van der Waals surface area contributed by atoms with E-state index >= 15 is 0 Å². The van der Waals surface area contributed by atoms with Crippen LogP contribution >= 0.6 is 0 Å². The standard InChI is InChI=1S/C37H34N3/c1-38-36(27-13-4-2-5-14-27)40(37(38)28-15-6-3-7-16-28)39-34-19-11-10-18-32(34)33-25-31(22-23-35(33)39)30-21-20-26-12-8-9-17-29(26)24-30/h2,4-5,8-15,17-23,25,29,36H,3,6-7,16,24H2,1H3/q+1. The molecule has 3 aliphatic carbocycles. The number of amidine groups is 1. The molecule has 0 N–H and O–H groups in total. The van der Waals surface area contributed by atoms with Crippen molar-refractivity contribution in [1.29, 1.82) is 0 Å². The quantitative estimate of drug-likeness (QED) is 0.246. The van der Waals surface area contributed by atoms with Gasteiger partial charge in [0, 0.05) is 27.8 Å². The van der Waals surface area contributed by atoms with E-state index in [9.17, 15) is 0 Å². The molecule has 40 heavy (non-hydrogen) atoms. The van der Waals surface area contributed by atoms with Crippen LogP contribution in [0.1, 0.15) is 49.4 Å². The summed E-state index contributed by atoms with van der Waals surface area (Å²) in [5, 5.41) is 5.19. The average Bonchev–Trinajstić information content (AvgIpc) is 3.33. The van der Waals surface area contributed by atoms with Crippen LogP contribution in [-0.4, -0.2) is 22.1 Å². The van der Waals surface area contributed by atoms with Gasteiger partial charge in [-0.15, -0.1) is 5.01 Å². The highest BCUT2D eigenvalue weighted by atomic mass is 15.7. The van der Waals surface area contributed by atoms with Gasteiger partial charge in [-0.2, -0.15) is 4.68 Å². The van der Waals surface area contributed by atoms with Crippen molar-refractivity contribution in [3.8, 4) is 0 Å². The number of allylic oxidation sites excluding steroid dienone is 9. The third-order valence-corrected chi connectivity index (χ3v) is 9.15. The van der Waals surface area contributed by atoms with Crippen molar-refractivity contribution in [1.82, 2.24) is 4.68 Å². The van der Waals surface area contributed by atoms with Gasteiger partial charge in [-0.05, 0) is 67.0 Å². The topological polar surface area (TPSA) is 11.2 Å². The fourth-order valence-corrected chi connectivity index (χ4v) is 7.17. The van der Waals surface area contributed by atoms with Crippen molar-refractivity contribution < 1.29 is 4.58 Å². The lowest BCUT2D eigenvalue weighted by molar-refractivity contribution is -0.574. The molecule has 3 nitrogen and oxygen atoms in total. The molecule has 3 heteroatoms. The normalized spacial score (nSPS) is 22.2. The van der Waals surface area contributed by atoms with E-state index in [1.165, 1.54) is 74.8 Å². The van der Waals surface area contributed by atoms with Crippen molar-refractivity contribution in [2.75, 3.05) is 12.1 Å². The monoisotopic (exact) mass is 520 g/mol. The molecule has 2 atom stereocenters. The molecule has 3 aromatic carbocycles. The Morgan fingerprint density at radius 1 is 0.800 bits per heavy atom. The largest absolute Gasteiger partial charge is 0.306 e. The SMILES string of the molecule is C[N+]1=C(C2=CCCCC2)N(n2c3ccccc3c3cc(C4=CC=C5C=CC=CC5C4)ccc32)C1c1ccccc1. The summed E-state index contributed by atoms with van der Waals surface area (Å²) in [5.41, 5.74) is 9.48.